The molecule has 92 valence electrons. The number of ether oxygens (including phenoxy) is 2. The molecule has 1 aromatic heterocycles. The Bertz CT molecular complexity index is 459. The minimum Gasteiger partial charge on any atom is -0.495 e. The number of hydrogen-bond donors (Lipinski definition) is 0. The normalized spacial score (nSPS) is 9.88. The van der Waals surface area contributed by atoms with Gasteiger partial charge in [-0.1, -0.05) is 11.6 Å². The summed E-state index contributed by atoms with van der Waals surface area (Å²) in [5.41, 5.74) is -0.00707. The number of esters is 1. The molecular formula is C11H12ClNO4. The third-order valence-corrected chi connectivity index (χ3v) is 2.34. The van der Waals surface area contributed by atoms with E-state index in [0.717, 1.165) is 0 Å². The van der Waals surface area contributed by atoms with Crippen LogP contribution in [0.5, 0.6) is 5.75 Å². The lowest BCUT2D eigenvalue weighted by Gasteiger charge is -2.09. The number of nitrogens with zero attached hydrogens (tertiary/aromatic N) is 1. The molecule has 0 atom stereocenters. The summed E-state index contributed by atoms with van der Waals surface area (Å²) in [5.74, 6) is -0.751. The number of rotatable bonds is 4. The minimum atomic E-state index is -0.682. The molecule has 0 fully saturated rings. The molecule has 1 heterocycles. The Morgan fingerprint density at radius 3 is 2.59 bits per heavy atom. The van der Waals surface area contributed by atoms with E-state index in [-0.39, 0.29) is 34.6 Å². The molecule has 0 aliphatic rings. The van der Waals surface area contributed by atoms with Gasteiger partial charge in [-0.2, -0.15) is 0 Å². The molecule has 6 heteroatoms. The van der Waals surface area contributed by atoms with Crippen molar-refractivity contribution >= 4 is 23.4 Å². The zero-order valence-corrected chi connectivity index (χ0v) is 10.5. The van der Waals surface area contributed by atoms with Crippen LogP contribution in [0.2, 0.25) is 5.02 Å². The number of pyridine rings is 1. The lowest BCUT2D eigenvalue weighted by Crippen LogP contribution is -2.11. The Labute approximate surface area is 104 Å². The average Bonchev–Trinajstić information content (AvgIpc) is 2.29. The first-order valence-electron chi connectivity index (χ1n) is 4.93. The molecule has 0 saturated carbocycles. The Balaban J connectivity index is 3.32. The summed E-state index contributed by atoms with van der Waals surface area (Å²) < 4.78 is 9.76. The summed E-state index contributed by atoms with van der Waals surface area (Å²) in [6.45, 7) is 3.20. The number of methoxy groups -OCH3 is 1. The maximum atomic E-state index is 11.6. The highest BCUT2D eigenvalue weighted by Crippen LogP contribution is 2.28. The zero-order valence-electron chi connectivity index (χ0n) is 9.74. The predicted octanol–water partition coefficient (Wildman–Crippen LogP) is 2.12. The first-order valence-corrected chi connectivity index (χ1v) is 5.31. The van der Waals surface area contributed by atoms with Crippen LogP contribution in [-0.2, 0) is 4.74 Å². The highest BCUT2D eigenvalue weighted by atomic mass is 35.5. The van der Waals surface area contributed by atoms with Crippen molar-refractivity contribution in [3.8, 4) is 5.75 Å². The molecule has 17 heavy (non-hydrogen) atoms. The third kappa shape index (κ3) is 2.94. The van der Waals surface area contributed by atoms with E-state index in [0.29, 0.717) is 0 Å². The smallest absolute Gasteiger partial charge is 0.358 e. The fraction of sp³-hybridized carbons (Fsp3) is 0.364. The van der Waals surface area contributed by atoms with Crippen LogP contribution >= 0.6 is 11.6 Å². The molecule has 5 nitrogen and oxygen atoms in total. The van der Waals surface area contributed by atoms with E-state index < -0.39 is 5.97 Å². The van der Waals surface area contributed by atoms with Crippen LogP contribution < -0.4 is 4.74 Å². The second-order valence-electron chi connectivity index (χ2n) is 3.15. The number of Topliss-reactive ketones (excluding diaryl/α,β-unsaturated/α-hetero) is 1. The van der Waals surface area contributed by atoms with Gasteiger partial charge in [0, 0.05) is 13.0 Å². The van der Waals surface area contributed by atoms with Gasteiger partial charge in [0.1, 0.15) is 16.5 Å². The lowest BCUT2D eigenvalue weighted by molar-refractivity contribution is 0.0519. The summed E-state index contributed by atoms with van der Waals surface area (Å²) in [7, 11) is 1.39. The van der Waals surface area contributed by atoms with Crippen molar-refractivity contribution in [2.45, 2.75) is 13.8 Å². The van der Waals surface area contributed by atoms with E-state index >= 15 is 0 Å². The van der Waals surface area contributed by atoms with E-state index in [1.165, 1.54) is 20.1 Å². The van der Waals surface area contributed by atoms with Gasteiger partial charge in [0.25, 0.3) is 0 Å². The van der Waals surface area contributed by atoms with Crippen molar-refractivity contribution in [3.05, 3.63) is 22.5 Å². The summed E-state index contributed by atoms with van der Waals surface area (Å²) in [6, 6.07) is 1.38. The number of hydrogen-bond acceptors (Lipinski definition) is 5. The minimum absolute atomic E-state index is 0.0379. The van der Waals surface area contributed by atoms with Crippen LogP contribution in [0.1, 0.15) is 34.8 Å². The van der Waals surface area contributed by atoms with Gasteiger partial charge in [0.2, 0.25) is 0 Å². The number of aromatic nitrogens is 1. The standard InChI is InChI=1S/C11H12ClNO4/c1-4-17-11(15)10-9(12)8(16-3)5-7(13-10)6(2)14/h5H,4H2,1-3H3. The van der Waals surface area contributed by atoms with Crippen molar-refractivity contribution in [3.63, 3.8) is 0 Å². The molecule has 0 unspecified atom stereocenters. The largest absolute Gasteiger partial charge is 0.495 e. The van der Waals surface area contributed by atoms with Crippen molar-refractivity contribution in [2.75, 3.05) is 13.7 Å². The second kappa shape index (κ2) is 5.63. The van der Waals surface area contributed by atoms with Crippen LogP contribution in [0.3, 0.4) is 0 Å². The average molecular weight is 258 g/mol. The van der Waals surface area contributed by atoms with Gasteiger partial charge in [-0.15, -0.1) is 0 Å². The van der Waals surface area contributed by atoms with Gasteiger partial charge < -0.3 is 9.47 Å². The van der Waals surface area contributed by atoms with E-state index in [1.807, 2.05) is 0 Å². The molecule has 0 amide bonds. The van der Waals surface area contributed by atoms with Crippen molar-refractivity contribution in [2.24, 2.45) is 0 Å². The van der Waals surface area contributed by atoms with Crippen LogP contribution in [-0.4, -0.2) is 30.5 Å². The number of halogens is 1. The van der Waals surface area contributed by atoms with E-state index in [9.17, 15) is 9.59 Å². The van der Waals surface area contributed by atoms with Crippen molar-refractivity contribution < 1.29 is 19.1 Å². The van der Waals surface area contributed by atoms with Crippen molar-refractivity contribution in [1.82, 2.24) is 4.98 Å². The summed E-state index contributed by atoms with van der Waals surface area (Å²) in [5, 5.41) is 0.0379. The Morgan fingerprint density at radius 1 is 1.47 bits per heavy atom. The summed E-state index contributed by atoms with van der Waals surface area (Å²) in [4.78, 5) is 26.7. The molecule has 0 radical (unpaired) electrons. The Kier molecular flexibility index (Phi) is 4.45. The molecule has 0 N–H and O–H groups in total. The number of ketones is 1. The van der Waals surface area contributed by atoms with Gasteiger partial charge in [-0.3, -0.25) is 4.79 Å². The predicted molar refractivity (Wildman–Crippen MR) is 61.8 cm³/mol. The molecule has 0 spiro atoms. The van der Waals surface area contributed by atoms with Crippen LogP contribution in [0, 0.1) is 0 Å². The topological polar surface area (TPSA) is 65.5 Å². The first-order chi connectivity index (χ1) is 8.01. The van der Waals surface area contributed by atoms with E-state index in [2.05, 4.69) is 4.98 Å². The van der Waals surface area contributed by atoms with Gasteiger partial charge in [-0.05, 0) is 6.92 Å². The molecule has 0 saturated heterocycles. The fourth-order valence-corrected chi connectivity index (χ4v) is 1.42. The highest BCUT2D eigenvalue weighted by molar-refractivity contribution is 6.34. The Morgan fingerprint density at radius 2 is 2.12 bits per heavy atom. The SMILES string of the molecule is CCOC(=O)c1nc(C(C)=O)cc(OC)c1Cl. The molecule has 1 rings (SSSR count). The lowest BCUT2D eigenvalue weighted by atomic mass is 10.2. The maximum Gasteiger partial charge on any atom is 0.358 e. The molecule has 0 aromatic carbocycles. The third-order valence-electron chi connectivity index (χ3n) is 1.97. The number of carbonyl (C=O) groups excluding carboxylic acids is 2. The van der Waals surface area contributed by atoms with Gasteiger partial charge >= 0.3 is 5.97 Å². The molecule has 0 aliphatic heterocycles. The van der Waals surface area contributed by atoms with Crippen LogP contribution in [0.15, 0.2) is 6.07 Å². The Hall–Kier alpha value is -1.62. The van der Waals surface area contributed by atoms with Gasteiger partial charge in [0.05, 0.1) is 13.7 Å². The first kappa shape index (κ1) is 13.4. The van der Waals surface area contributed by atoms with E-state index in [4.69, 9.17) is 21.1 Å². The monoisotopic (exact) mass is 257 g/mol. The summed E-state index contributed by atoms with van der Waals surface area (Å²) >= 11 is 5.92. The summed E-state index contributed by atoms with van der Waals surface area (Å²) in [6.07, 6.45) is 0. The molecular weight excluding hydrogens is 246 g/mol. The van der Waals surface area contributed by atoms with Crippen LogP contribution in [0.25, 0.3) is 0 Å². The van der Waals surface area contributed by atoms with Gasteiger partial charge in [-0.25, -0.2) is 9.78 Å². The molecule has 0 bridgehead atoms. The van der Waals surface area contributed by atoms with E-state index in [1.54, 1.807) is 6.92 Å². The maximum absolute atomic E-state index is 11.6. The van der Waals surface area contributed by atoms with Gasteiger partial charge in [0.15, 0.2) is 11.5 Å². The molecule has 1 aromatic rings. The number of carbonyl (C=O) groups is 2. The van der Waals surface area contributed by atoms with Crippen molar-refractivity contribution in [1.29, 1.82) is 0 Å². The van der Waals surface area contributed by atoms with Crippen LogP contribution in [0.4, 0.5) is 0 Å². The quantitative estimate of drug-likeness (QED) is 0.611. The zero-order chi connectivity index (χ0) is 13.0. The fourth-order valence-electron chi connectivity index (χ4n) is 1.17. The second-order valence-corrected chi connectivity index (χ2v) is 3.53. The highest BCUT2D eigenvalue weighted by Gasteiger charge is 2.20. The molecule has 0 aliphatic carbocycles.